The van der Waals surface area contributed by atoms with Crippen molar-refractivity contribution in [1.29, 1.82) is 0 Å². The van der Waals surface area contributed by atoms with Crippen LogP contribution in [0.2, 0.25) is 0 Å². The highest BCUT2D eigenvalue weighted by molar-refractivity contribution is 6.03. The molecule has 2 aromatic rings. The van der Waals surface area contributed by atoms with Crippen LogP contribution in [0.1, 0.15) is 38.1 Å². The summed E-state index contributed by atoms with van der Waals surface area (Å²) in [6.45, 7) is 7.01. The van der Waals surface area contributed by atoms with Gasteiger partial charge in [0, 0.05) is 13.1 Å². The maximum Gasteiger partial charge on any atom is 0.419 e. The van der Waals surface area contributed by atoms with Crippen LogP contribution in [0, 0.1) is 0 Å². The fourth-order valence-electron chi connectivity index (χ4n) is 2.07. The number of carbonyl (C=O) groups is 2. The van der Waals surface area contributed by atoms with Gasteiger partial charge in [-0.25, -0.2) is 14.4 Å². The molecule has 1 amide bonds. The lowest BCUT2D eigenvalue weighted by Crippen LogP contribution is -2.27. The number of aromatic nitrogens is 1. The van der Waals surface area contributed by atoms with Crippen molar-refractivity contribution in [3.8, 4) is 0 Å². The number of fused-ring (bicyclic) bond motifs is 1. The number of hydrogen-bond donors (Lipinski definition) is 1. The maximum absolute atomic E-state index is 12.2. The zero-order valence-electron chi connectivity index (χ0n) is 14.3. The van der Waals surface area contributed by atoms with Crippen LogP contribution in [0.5, 0.6) is 0 Å². The normalized spacial score (nSPS) is 11.4. The fourth-order valence-corrected chi connectivity index (χ4v) is 2.07. The number of oxazole rings is 1. The van der Waals surface area contributed by atoms with Crippen LogP contribution in [0.15, 0.2) is 21.3 Å². The van der Waals surface area contributed by atoms with E-state index in [2.05, 4.69) is 5.32 Å². The van der Waals surface area contributed by atoms with Crippen LogP contribution in [0.3, 0.4) is 0 Å². The van der Waals surface area contributed by atoms with Crippen LogP contribution >= 0.6 is 0 Å². The van der Waals surface area contributed by atoms with E-state index in [-0.39, 0.29) is 23.4 Å². The number of carbonyl (C=O) groups excluding carboxylic acids is 2. The average molecular weight is 336 g/mol. The first-order chi connectivity index (χ1) is 11.1. The van der Waals surface area contributed by atoms with Gasteiger partial charge in [-0.15, -0.1) is 0 Å². The summed E-state index contributed by atoms with van der Waals surface area (Å²) in [5.41, 5.74) is 0.202. The Labute approximate surface area is 138 Å². The third-order valence-electron chi connectivity index (χ3n) is 3.06. The number of benzene rings is 1. The molecule has 0 spiro atoms. The van der Waals surface area contributed by atoms with Gasteiger partial charge in [0.15, 0.2) is 5.58 Å². The number of esters is 1. The monoisotopic (exact) mass is 336 g/mol. The van der Waals surface area contributed by atoms with Crippen molar-refractivity contribution in [3.63, 3.8) is 0 Å². The van der Waals surface area contributed by atoms with E-state index in [9.17, 15) is 14.4 Å². The summed E-state index contributed by atoms with van der Waals surface area (Å²) in [4.78, 5) is 35.8. The molecule has 0 radical (unpaired) electrons. The molecular weight excluding hydrogens is 316 g/mol. The summed E-state index contributed by atoms with van der Waals surface area (Å²) in [5.74, 6) is -1.20. The van der Waals surface area contributed by atoms with Gasteiger partial charge in [-0.2, -0.15) is 0 Å². The van der Waals surface area contributed by atoms with E-state index in [0.29, 0.717) is 5.52 Å². The van der Waals surface area contributed by atoms with Gasteiger partial charge < -0.3 is 13.9 Å². The summed E-state index contributed by atoms with van der Waals surface area (Å²) >= 11 is 0. The van der Waals surface area contributed by atoms with Gasteiger partial charge in [0.2, 0.25) is 0 Å². The summed E-state index contributed by atoms with van der Waals surface area (Å²) in [6.07, 6.45) is -0.731. The van der Waals surface area contributed by atoms with Crippen molar-refractivity contribution in [2.75, 3.05) is 11.9 Å². The molecule has 130 valence electrons. The van der Waals surface area contributed by atoms with E-state index in [0.717, 1.165) is 0 Å². The number of aryl methyl sites for hydroxylation is 1. The fraction of sp³-hybridized carbons (Fsp3) is 0.438. The molecule has 1 aromatic carbocycles. The van der Waals surface area contributed by atoms with Crippen LogP contribution in [0.25, 0.3) is 11.1 Å². The van der Waals surface area contributed by atoms with E-state index in [1.165, 1.54) is 23.7 Å². The van der Waals surface area contributed by atoms with Crippen LogP contribution in [-0.4, -0.2) is 28.8 Å². The Bertz CT molecular complexity index is 841. The first-order valence-corrected chi connectivity index (χ1v) is 7.43. The van der Waals surface area contributed by atoms with Gasteiger partial charge >= 0.3 is 17.8 Å². The number of ether oxygens (including phenoxy) is 2. The molecule has 0 bridgehead atoms. The summed E-state index contributed by atoms with van der Waals surface area (Å²) in [7, 11) is 1.52. The minimum Gasteiger partial charge on any atom is -0.462 e. The molecule has 0 aliphatic rings. The minimum atomic E-state index is -0.731. The van der Waals surface area contributed by atoms with Crippen molar-refractivity contribution in [3.05, 3.63) is 28.2 Å². The molecule has 0 unspecified atom stereocenters. The molecular formula is C16H20N2O6. The van der Waals surface area contributed by atoms with E-state index >= 15 is 0 Å². The van der Waals surface area contributed by atoms with Gasteiger partial charge in [-0.3, -0.25) is 9.88 Å². The quantitative estimate of drug-likeness (QED) is 0.865. The number of nitrogens with one attached hydrogen (secondary N) is 1. The van der Waals surface area contributed by atoms with Crippen molar-refractivity contribution < 1.29 is 23.5 Å². The van der Waals surface area contributed by atoms with Crippen LogP contribution < -0.4 is 11.1 Å². The topological polar surface area (TPSA) is 99.8 Å². The highest BCUT2D eigenvalue weighted by Crippen LogP contribution is 2.25. The SMILES string of the molecule is CCOC(=O)c1cc2c(cc1NC(=O)OC(C)(C)C)oc(=O)n2C. The first-order valence-electron chi connectivity index (χ1n) is 7.43. The zero-order valence-corrected chi connectivity index (χ0v) is 14.3. The molecule has 2 rings (SSSR count). The number of nitrogens with zero attached hydrogens (tertiary/aromatic N) is 1. The largest absolute Gasteiger partial charge is 0.462 e. The molecule has 24 heavy (non-hydrogen) atoms. The van der Waals surface area contributed by atoms with Crippen molar-refractivity contribution in [1.82, 2.24) is 4.57 Å². The predicted octanol–water partition coefficient (Wildman–Crippen LogP) is 2.66. The Morgan fingerprint density at radius 1 is 1.29 bits per heavy atom. The van der Waals surface area contributed by atoms with Gasteiger partial charge in [-0.05, 0) is 33.8 Å². The van der Waals surface area contributed by atoms with Crippen LogP contribution in [-0.2, 0) is 16.5 Å². The number of amides is 1. The van der Waals surface area contributed by atoms with E-state index in [4.69, 9.17) is 13.9 Å². The second-order valence-electron chi connectivity index (χ2n) is 6.14. The second kappa shape index (κ2) is 6.38. The van der Waals surface area contributed by atoms with Crippen LogP contribution in [0.4, 0.5) is 10.5 Å². The molecule has 0 atom stereocenters. The third kappa shape index (κ3) is 3.76. The van der Waals surface area contributed by atoms with Crippen molar-refractivity contribution >= 4 is 28.8 Å². The lowest BCUT2D eigenvalue weighted by Gasteiger charge is -2.20. The van der Waals surface area contributed by atoms with Crippen molar-refractivity contribution in [2.24, 2.45) is 7.05 Å². The molecule has 8 heteroatoms. The van der Waals surface area contributed by atoms with Crippen molar-refractivity contribution in [2.45, 2.75) is 33.3 Å². The van der Waals surface area contributed by atoms with Gasteiger partial charge in [0.1, 0.15) is 5.60 Å². The molecule has 1 N–H and O–H groups in total. The van der Waals surface area contributed by atoms with Gasteiger partial charge in [0.05, 0.1) is 23.4 Å². The molecule has 0 saturated carbocycles. The molecule has 0 aliphatic carbocycles. The highest BCUT2D eigenvalue weighted by atomic mass is 16.6. The molecule has 0 aliphatic heterocycles. The maximum atomic E-state index is 12.2. The van der Waals surface area contributed by atoms with E-state index in [1.54, 1.807) is 27.7 Å². The highest BCUT2D eigenvalue weighted by Gasteiger charge is 2.22. The summed E-state index contributed by atoms with van der Waals surface area (Å²) in [5, 5.41) is 2.49. The summed E-state index contributed by atoms with van der Waals surface area (Å²) < 4.78 is 16.5. The molecule has 0 fully saturated rings. The third-order valence-corrected chi connectivity index (χ3v) is 3.06. The number of rotatable bonds is 3. The van der Waals surface area contributed by atoms with Gasteiger partial charge in [0.25, 0.3) is 0 Å². The predicted molar refractivity (Wildman–Crippen MR) is 87.3 cm³/mol. The van der Waals surface area contributed by atoms with E-state index < -0.39 is 23.4 Å². The average Bonchev–Trinajstić information content (AvgIpc) is 2.71. The smallest absolute Gasteiger partial charge is 0.419 e. The molecule has 0 saturated heterocycles. The Balaban J connectivity index is 2.49. The first kappa shape index (κ1) is 17.6. The Hall–Kier alpha value is -2.77. The molecule has 8 nitrogen and oxygen atoms in total. The number of anilines is 1. The standard InChI is InChI=1S/C16H20N2O6/c1-6-22-13(19)9-7-11-12(23-15(21)18(11)5)8-10(9)17-14(20)24-16(2,3)4/h7-8H,6H2,1-5H3,(H,17,20). The molecule has 1 heterocycles. The lowest BCUT2D eigenvalue weighted by molar-refractivity contribution is 0.0527. The molecule has 1 aromatic heterocycles. The zero-order chi connectivity index (χ0) is 18.1. The summed E-state index contributed by atoms with van der Waals surface area (Å²) in [6, 6.07) is 2.83. The lowest BCUT2D eigenvalue weighted by atomic mass is 10.1. The Morgan fingerprint density at radius 3 is 2.54 bits per heavy atom. The van der Waals surface area contributed by atoms with E-state index in [1.807, 2.05) is 0 Å². The van der Waals surface area contributed by atoms with Gasteiger partial charge in [-0.1, -0.05) is 0 Å². The Morgan fingerprint density at radius 2 is 1.96 bits per heavy atom. The minimum absolute atomic E-state index is 0.103. The Kier molecular flexibility index (Phi) is 4.68. The second-order valence-corrected chi connectivity index (χ2v) is 6.14. The number of hydrogen-bond acceptors (Lipinski definition) is 6.